The third kappa shape index (κ3) is 4.74. The zero-order valence-electron chi connectivity index (χ0n) is 22.3. The van der Waals surface area contributed by atoms with Gasteiger partial charge in [0, 0.05) is 24.6 Å². The minimum Gasteiger partial charge on any atom is -0.493 e. The molecule has 5 rings (SSSR count). The molecule has 0 saturated heterocycles. The first-order valence-corrected chi connectivity index (χ1v) is 12.7. The SMILES string of the molecule is COC(=O)c1ccc([C@H]2C3=C(C[C@@H](c4ccc(OC)c(OC)c4)CC3=O)Nc3ccccc3N2C(C)=O)cc1. The van der Waals surface area contributed by atoms with Crippen LogP contribution >= 0.6 is 0 Å². The number of ether oxygens (including phenoxy) is 3. The fourth-order valence-corrected chi connectivity index (χ4v) is 5.52. The van der Waals surface area contributed by atoms with Crippen LogP contribution in [-0.4, -0.2) is 39.0 Å². The molecule has 1 amide bonds. The molecule has 0 radical (unpaired) electrons. The van der Waals surface area contributed by atoms with Gasteiger partial charge >= 0.3 is 5.97 Å². The van der Waals surface area contributed by atoms with E-state index in [0.717, 1.165) is 22.5 Å². The zero-order valence-corrected chi connectivity index (χ0v) is 22.3. The van der Waals surface area contributed by atoms with E-state index in [2.05, 4.69) is 5.32 Å². The fraction of sp³-hybridized carbons (Fsp3) is 0.258. The van der Waals surface area contributed by atoms with Gasteiger partial charge in [0.25, 0.3) is 0 Å². The summed E-state index contributed by atoms with van der Waals surface area (Å²) < 4.78 is 15.7. The lowest BCUT2D eigenvalue weighted by atomic mass is 9.78. The molecule has 200 valence electrons. The number of Topliss-reactive ketones (excluding diaryl/α,β-unsaturated/α-hetero) is 1. The number of carbonyl (C=O) groups is 3. The minimum absolute atomic E-state index is 0.0513. The molecule has 3 aromatic rings. The van der Waals surface area contributed by atoms with Crippen molar-refractivity contribution in [1.29, 1.82) is 0 Å². The Kier molecular flexibility index (Phi) is 7.11. The molecule has 0 unspecified atom stereocenters. The van der Waals surface area contributed by atoms with Crippen molar-refractivity contribution in [2.75, 3.05) is 31.5 Å². The van der Waals surface area contributed by atoms with Crippen LogP contribution in [0.5, 0.6) is 11.5 Å². The normalized spacial score (nSPS) is 18.4. The molecule has 0 saturated carbocycles. The van der Waals surface area contributed by atoms with Crippen LogP contribution < -0.4 is 19.7 Å². The molecule has 2 atom stereocenters. The number of nitrogens with zero attached hydrogens (tertiary/aromatic N) is 1. The molecular formula is C31H30N2O6. The maximum Gasteiger partial charge on any atom is 0.337 e. The van der Waals surface area contributed by atoms with Crippen molar-refractivity contribution in [1.82, 2.24) is 0 Å². The van der Waals surface area contributed by atoms with E-state index >= 15 is 0 Å². The number of methoxy groups -OCH3 is 3. The van der Waals surface area contributed by atoms with Gasteiger partial charge in [-0.05, 0) is 59.9 Å². The molecular weight excluding hydrogens is 496 g/mol. The molecule has 1 heterocycles. The molecule has 39 heavy (non-hydrogen) atoms. The van der Waals surface area contributed by atoms with Gasteiger partial charge in [-0.1, -0.05) is 30.3 Å². The summed E-state index contributed by atoms with van der Waals surface area (Å²) in [6.45, 7) is 1.50. The van der Waals surface area contributed by atoms with Crippen LogP contribution in [0, 0.1) is 0 Å². The molecule has 0 bridgehead atoms. The van der Waals surface area contributed by atoms with Crippen LogP contribution in [0.25, 0.3) is 0 Å². The van der Waals surface area contributed by atoms with Crippen molar-refractivity contribution in [2.24, 2.45) is 0 Å². The predicted molar refractivity (Wildman–Crippen MR) is 147 cm³/mol. The Morgan fingerprint density at radius 1 is 0.872 bits per heavy atom. The standard InChI is InChI=1S/C31H30N2O6/c1-18(34)33-25-8-6-5-7-23(25)32-24-15-22(21-13-14-27(37-2)28(17-21)38-3)16-26(35)29(24)30(33)19-9-11-20(12-10-19)31(36)39-4/h5-14,17,22,30,32H,15-16H2,1-4H3/t22-,30+/m1/s1. The molecule has 3 aromatic carbocycles. The van der Waals surface area contributed by atoms with E-state index in [1.54, 1.807) is 43.4 Å². The lowest BCUT2D eigenvalue weighted by Crippen LogP contribution is -2.37. The number of amides is 1. The van der Waals surface area contributed by atoms with Gasteiger partial charge in [0.1, 0.15) is 0 Å². The van der Waals surface area contributed by atoms with Crippen molar-refractivity contribution in [3.63, 3.8) is 0 Å². The van der Waals surface area contributed by atoms with Crippen LogP contribution in [-0.2, 0) is 14.3 Å². The largest absolute Gasteiger partial charge is 0.493 e. The van der Waals surface area contributed by atoms with E-state index in [0.29, 0.717) is 34.7 Å². The van der Waals surface area contributed by atoms with Crippen molar-refractivity contribution in [3.05, 3.63) is 94.7 Å². The Hall–Kier alpha value is -4.59. The number of para-hydroxylation sites is 2. The van der Waals surface area contributed by atoms with Gasteiger partial charge in [-0.25, -0.2) is 4.79 Å². The number of carbonyl (C=O) groups excluding carboxylic acids is 3. The van der Waals surface area contributed by atoms with E-state index in [1.807, 2.05) is 42.5 Å². The molecule has 1 aliphatic heterocycles. The third-order valence-electron chi connectivity index (χ3n) is 7.35. The first-order chi connectivity index (χ1) is 18.9. The quantitative estimate of drug-likeness (QED) is 0.444. The van der Waals surface area contributed by atoms with Crippen LogP contribution in [0.15, 0.2) is 78.0 Å². The highest BCUT2D eigenvalue weighted by molar-refractivity contribution is 6.06. The number of ketones is 1. The highest BCUT2D eigenvalue weighted by Crippen LogP contribution is 2.48. The first-order valence-electron chi connectivity index (χ1n) is 12.7. The van der Waals surface area contributed by atoms with Gasteiger partial charge in [0.2, 0.25) is 5.91 Å². The average molecular weight is 527 g/mol. The summed E-state index contributed by atoms with van der Waals surface area (Å²) in [5.41, 5.74) is 4.82. The molecule has 2 aliphatic rings. The predicted octanol–water partition coefficient (Wildman–Crippen LogP) is 5.41. The molecule has 0 spiro atoms. The van der Waals surface area contributed by atoms with Crippen LogP contribution in [0.4, 0.5) is 11.4 Å². The maximum absolute atomic E-state index is 14.0. The van der Waals surface area contributed by atoms with Crippen molar-refractivity contribution in [3.8, 4) is 11.5 Å². The Labute approximate surface area is 227 Å². The number of hydrogen-bond acceptors (Lipinski definition) is 7. The number of nitrogens with one attached hydrogen (secondary N) is 1. The molecule has 1 N–H and O–H groups in total. The smallest absolute Gasteiger partial charge is 0.337 e. The van der Waals surface area contributed by atoms with E-state index in [1.165, 1.54) is 14.0 Å². The monoisotopic (exact) mass is 526 g/mol. The maximum atomic E-state index is 14.0. The lowest BCUT2D eigenvalue weighted by molar-refractivity contribution is -0.117. The van der Waals surface area contributed by atoms with Crippen molar-refractivity contribution in [2.45, 2.75) is 31.7 Å². The summed E-state index contributed by atoms with van der Waals surface area (Å²) in [7, 11) is 4.50. The van der Waals surface area contributed by atoms with E-state index in [9.17, 15) is 14.4 Å². The molecule has 1 aliphatic carbocycles. The van der Waals surface area contributed by atoms with Gasteiger partial charge in [-0.3, -0.25) is 14.5 Å². The minimum atomic E-state index is -0.667. The summed E-state index contributed by atoms with van der Waals surface area (Å²) in [6, 6.07) is 19.5. The second kappa shape index (κ2) is 10.6. The summed E-state index contributed by atoms with van der Waals surface area (Å²) >= 11 is 0. The topological polar surface area (TPSA) is 94.2 Å². The van der Waals surface area contributed by atoms with Crippen molar-refractivity contribution < 1.29 is 28.6 Å². The van der Waals surface area contributed by atoms with E-state index < -0.39 is 12.0 Å². The van der Waals surface area contributed by atoms with Crippen LogP contribution in [0.3, 0.4) is 0 Å². The van der Waals surface area contributed by atoms with Crippen molar-refractivity contribution >= 4 is 29.0 Å². The molecule has 8 heteroatoms. The van der Waals surface area contributed by atoms with E-state index in [4.69, 9.17) is 14.2 Å². The van der Waals surface area contributed by atoms with Gasteiger partial charge in [0.05, 0.1) is 44.3 Å². The fourth-order valence-electron chi connectivity index (χ4n) is 5.52. The Balaban J connectivity index is 1.65. The van der Waals surface area contributed by atoms with Gasteiger partial charge in [-0.15, -0.1) is 0 Å². The number of allylic oxidation sites excluding steroid dienone is 1. The van der Waals surface area contributed by atoms with E-state index in [-0.39, 0.29) is 24.0 Å². The zero-order chi connectivity index (χ0) is 27.7. The Morgan fingerprint density at radius 3 is 2.23 bits per heavy atom. The summed E-state index contributed by atoms with van der Waals surface area (Å²) in [5, 5.41) is 3.50. The number of anilines is 2. The van der Waals surface area contributed by atoms with Crippen LogP contribution in [0.1, 0.15) is 53.2 Å². The second-order valence-corrected chi connectivity index (χ2v) is 9.58. The van der Waals surface area contributed by atoms with Crippen LogP contribution in [0.2, 0.25) is 0 Å². The van der Waals surface area contributed by atoms with Gasteiger partial charge in [0.15, 0.2) is 17.3 Å². The molecule has 8 nitrogen and oxygen atoms in total. The number of benzene rings is 3. The first kappa shape index (κ1) is 26.0. The average Bonchev–Trinajstić information content (AvgIpc) is 3.11. The number of esters is 1. The summed E-state index contributed by atoms with van der Waals surface area (Å²) in [6.07, 6.45) is 0.836. The van der Waals surface area contributed by atoms with Gasteiger partial charge < -0.3 is 19.5 Å². The highest BCUT2D eigenvalue weighted by Gasteiger charge is 2.41. The third-order valence-corrected chi connectivity index (χ3v) is 7.35. The summed E-state index contributed by atoms with van der Waals surface area (Å²) in [5.74, 6) is 0.427. The highest BCUT2D eigenvalue weighted by atomic mass is 16.5. The number of rotatable bonds is 5. The number of fused-ring (bicyclic) bond motifs is 1. The second-order valence-electron chi connectivity index (χ2n) is 9.58. The number of hydrogen-bond donors (Lipinski definition) is 1. The summed E-state index contributed by atoms with van der Waals surface area (Å²) in [4.78, 5) is 40.9. The Bertz CT molecular complexity index is 1480. The molecule has 0 aromatic heterocycles. The van der Waals surface area contributed by atoms with Gasteiger partial charge in [-0.2, -0.15) is 0 Å². The lowest BCUT2D eigenvalue weighted by Gasteiger charge is -2.34. The Morgan fingerprint density at radius 2 is 1.56 bits per heavy atom. The molecule has 0 fully saturated rings.